The summed E-state index contributed by atoms with van der Waals surface area (Å²) in [6.07, 6.45) is 0. The van der Waals surface area contributed by atoms with E-state index >= 15 is 0 Å². The fourth-order valence-electron chi connectivity index (χ4n) is 1.81. The van der Waals surface area contributed by atoms with E-state index in [9.17, 15) is 4.39 Å². The Morgan fingerprint density at radius 2 is 2.10 bits per heavy atom. The number of anilines is 3. The van der Waals surface area contributed by atoms with Crippen molar-refractivity contribution in [2.45, 2.75) is 6.92 Å². The van der Waals surface area contributed by atoms with Gasteiger partial charge in [0.2, 0.25) is 0 Å². The molecule has 0 fully saturated rings. The van der Waals surface area contributed by atoms with Crippen molar-refractivity contribution in [2.24, 2.45) is 0 Å². The van der Waals surface area contributed by atoms with Gasteiger partial charge in [-0.25, -0.2) is 4.39 Å². The van der Waals surface area contributed by atoms with Crippen LogP contribution in [0, 0.1) is 17.1 Å². The number of nitrogens with two attached hydrogens (primary N) is 1. The van der Waals surface area contributed by atoms with Crippen molar-refractivity contribution in [1.29, 1.82) is 5.26 Å². The molecule has 0 aliphatic carbocycles. The second kappa shape index (κ2) is 6.46. The number of rotatable bonds is 4. The minimum atomic E-state index is -0.517. The van der Waals surface area contributed by atoms with Gasteiger partial charge in [0.25, 0.3) is 0 Å². The van der Waals surface area contributed by atoms with Gasteiger partial charge < -0.3 is 15.8 Å². The molecule has 0 spiro atoms. The monoisotopic (exact) mass is 349 g/mol. The molecule has 2 rings (SSSR count). The van der Waals surface area contributed by atoms with Crippen molar-refractivity contribution in [3.8, 4) is 11.8 Å². The Morgan fingerprint density at radius 1 is 1.33 bits per heavy atom. The molecule has 0 radical (unpaired) electrons. The maximum Gasteiger partial charge on any atom is 0.167 e. The van der Waals surface area contributed by atoms with Crippen molar-refractivity contribution in [3.63, 3.8) is 0 Å². The van der Waals surface area contributed by atoms with Gasteiger partial charge in [-0.3, -0.25) is 0 Å². The van der Waals surface area contributed by atoms with Crippen molar-refractivity contribution in [1.82, 2.24) is 0 Å². The Balaban J connectivity index is 2.40. The van der Waals surface area contributed by atoms with Gasteiger partial charge in [0.05, 0.1) is 29.2 Å². The molecule has 0 aliphatic heterocycles. The van der Waals surface area contributed by atoms with E-state index in [4.69, 9.17) is 15.7 Å². The summed E-state index contributed by atoms with van der Waals surface area (Å²) in [7, 11) is 0. The number of nitriles is 1. The SMILES string of the molecule is CCOc1cc(Nc2ccc(Br)cc2C#N)c(N)cc1F. The third kappa shape index (κ3) is 3.44. The normalized spacial score (nSPS) is 10.0. The van der Waals surface area contributed by atoms with Crippen molar-refractivity contribution >= 4 is 33.0 Å². The molecule has 0 heterocycles. The highest BCUT2D eigenvalue weighted by Crippen LogP contribution is 2.32. The van der Waals surface area contributed by atoms with E-state index in [1.165, 1.54) is 12.1 Å². The van der Waals surface area contributed by atoms with Gasteiger partial charge in [0, 0.05) is 16.6 Å². The average Bonchev–Trinajstić information content (AvgIpc) is 2.45. The molecule has 108 valence electrons. The molecular weight excluding hydrogens is 337 g/mol. The lowest BCUT2D eigenvalue weighted by molar-refractivity contribution is 0.322. The van der Waals surface area contributed by atoms with Crippen LogP contribution in [0.4, 0.5) is 21.5 Å². The maximum absolute atomic E-state index is 13.7. The summed E-state index contributed by atoms with van der Waals surface area (Å²) in [4.78, 5) is 0. The van der Waals surface area contributed by atoms with Crippen LogP contribution in [0.5, 0.6) is 5.75 Å². The van der Waals surface area contributed by atoms with Gasteiger partial charge in [-0.15, -0.1) is 0 Å². The lowest BCUT2D eigenvalue weighted by atomic mass is 10.1. The van der Waals surface area contributed by atoms with Crippen LogP contribution in [0.15, 0.2) is 34.8 Å². The van der Waals surface area contributed by atoms with E-state index in [1.807, 2.05) is 0 Å². The molecule has 0 saturated carbocycles. The van der Waals surface area contributed by atoms with Gasteiger partial charge >= 0.3 is 0 Å². The first-order chi connectivity index (χ1) is 10.0. The predicted molar refractivity (Wildman–Crippen MR) is 84.1 cm³/mol. The zero-order chi connectivity index (χ0) is 15.4. The lowest BCUT2D eigenvalue weighted by Crippen LogP contribution is -2.02. The zero-order valence-corrected chi connectivity index (χ0v) is 12.9. The molecule has 0 amide bonds. The number of nitrogens with one attached hydrogen (secondary N) is 1. The molecule has 0 saturated heterocycles. The van der Waals surface area contributed by atoms with E-state index in [2.05, 4.69) is 27.3 Å². The Hall–Kier alpha value is -2.26. The summed E-state index contributed by atoms with van der Waals surface area (Å²) in [6, 6.07) is 9.99. The summed E-state index contributed by atoms with van der Waals surface area (Å²) in [5, 5.41) is 12.2. The molecule has 3 N–H and O–H groups in total. The Labute approximate surface area is 130 Å². The van der Waals surface area contributed by atoms with Crippen molar-refractivity contribution < 1.29 is 9.13 Å². The molecule has 2 aromatic rings. The fraction of sp³-hybridized carbons (Fsp3) is 0.133. The van der Waals surface area contributed by atoms with E-state index < -0.39 is 5.82 Å². The molecular formula is C15H13BrFN3O. The van der Waals surface area contributed by atoms with Crippen LogP contribution in [0.25, 0.3) is 0 Å². The van der Waals surface area contributed by atoms with Crippen LogP contribution in [0.3, 0.4) is 0 Å². The largest absolute Gasteiger partial charge is 0.491 e. The quantitative estimate of drug-likeness (QED) is 0.812. The Morgan fingerprint density at radius 3 is 2.76 bits per heavy atom. The van der Waals surface area contributed by atoms with Gasteiger partial charge in [-0.1, -0.05) is 15.9 Å². The average molecular weight is 350 g/mol. The first kappa shape index (κ1) is 15.1. The van der Waals surface area contributed by atoms with Gasteiger partial charge in [-0.2, -0.15) is 5.26 Å². The summed E-state index contributed by atoms with van der Waals surface area (Å²) in [5.41, 5.74) is 7.56. The smallest absolute Gasteiger partial charge is 0.167 e. The van der Waals surface area contributed by atoms with Crippen LogP contribution in [0.1, 0.15) is 12.5 Å². The number of nitrogen functional groups attached to an aromatic ring is 1. The first-order valence-electron chi connectivity index (χ1n) is 6.23. The number of hydrogen-bond donors (Lipinski definition) is 2. The minimum Gasteiger partial charge on any atom is -0.491 e. The fourth-order valence-corrected chi connectivity index (χ4v) is 2.17. The predicted octanol–water partition coefficient (Wildman–Crippen LogP) is 4.18. The topological polar surface area (TPSA) is 71.1 Å². The minimum absolute atomic E-state index is 0.116. The number of hydrogen-bond acceptors (Lipinski definition) is 4. The second-order valence-corrected chi connectivity index (χ2v) is 5.15. The highest BCUT2D eigenvalue weighted by atomic mass is 79.9. The van der Waals surface area contributed by atoms with Crippen molar-refractivity contribution in [2.75, 3.05) is 17.7 Å². The van der Waals surface area contributed by atoms with Crippen LogP contribution < -0.4 is 15.8 Å². The molecule has 0 bridgehead atoms. The van der Waals surface area contributed by atoms with E-state index in [1.54, 1.807) is 25.1 Å². The lowest BCUT2D eigenvalue weighted by Gasteiger charge is -2.13. The molecule has 0 atom stereocenters. The van der Waals surface area contributed by atoms with Crippen LogP contribution in [-0.2, 0) is 0 Å². The molecule has 21 heavy (non-hydrogen) atoms. The zero-order valence-electron chi connectivity index (χ0n) is 11.3. The Bertz CT molecular complexity index is 713. The van der Waals surface area contributed by atoms with Crippen LogP contribution in [-0.4, -0.2) is 6.61 Å². The summed E-state index contributed by atoms with van der Waals surface area (Å²) < 4.78 is 19.7. The van der Waals surface area contributed by atoms with Crippen LogP contribution >= 0.6 is 15.9 Å². The van der Waals surface area contributed by atoms with Gasteiger partial charge in [0.1, 0.15) is 6.07 Å². The van der Waals surface area contributed by atoms with E-state index in [0.717, 1.165) is 4.47 Å². The third-order valence-corrected chi connectivity index (χ3v) is 3.27. The number of benzene rings is 2. The molecule has 6 heteroatoms. The molecule has 0 unspecified atom stereocenters. The van der Waals surface area contributed by atoms with E-state index in [0.29, 0.717) is 23.5 Å². The molecule has 2 aromatic carbocycles. The van der Waals surface area contributed by atoms with E-state index in [-0.39, 0.29) is 11.4 Å². The first-order valence-corrected chi connectivity index (χ1v) is 7.03. The van der Waals surface area contributed by atoms with Gasteiger partial charge in [0.15, 0.2) is 11.6 Å². The third-order valence-electron chi connectivity index (χ3n) is 2.78. The van der Waals surface area contributed by atoms with Crippen molar-refractivity contribution in [3.05, 3.63) is 46.2 Å². The molecule has 0 aromatic heterocycles. The number of halogens is 2. The molecule has 0 aliphatic rings. The highest BCUT2D eigenvalue weighted by molar-refractivity contribution is 9.10. The van der Waals surface area contributed by atoms with Gasteiger partial charge in [-0.05, 0) is 25.1 Å². The highest BCUT2D eigenvalue weighted by Gasteiger charge is 2.11. The number of ether oxygens (including phenoxy) is 1. The standard InChI is InChI=1S/C15H13BrFN3O/c1-2-21-15-7-14(12(19)6-11(15)17)20-13-4-3-10(16)5-9(13)8-18/h3-7,20H,2,19H2,1H3. The second-order valence-electron chi connectivity index (χ2n) is 4.23. The van der Waals surface area contributed by atoms with Crippen LogP contribution in [0.2, 0.25) is 0 Å². The number of nitrogens with zero attached hydrogens (tertiary/aromatic N) is 1. The molecule has 4 nitrogen and oxygen atoms in total. The summed E-state index contributed by atoms with van der Waals surface area (Å²) >= 11 is 3.31. The maximum atomic E-state index is 13.7. The summed E-state index contributed by atoms with van der Waals surface area (Å²) in [5.74, 6) is -0.402. The summed E-state index contributed by atoms with van der Waals surface area (Å²) in [6.45, 7) is 2.12. The Kier molecular flexibility index (Phi) is 4.66.